The van der Waals surface area contributed by atoms with Crippen LogP contribution in [0.5, 0.6) is 0 Å². The Balaban J connectivity index is 2.39. The summed E-state index contributed by atoms with van der Waals surface area (Å²) in [6, 6.07) is 9.46. The van der Waals surface area contributed by atoms with Crippen LogP contribution in [0.2, 0.25) is 0 Å². The summed E-state index contributed by atoms with van der Waals surface area (Å²) in [5.74, 6) is 0. The van der Waals surface area contributed by atoms with Crippen LogP contribution in [0.4, 0.5) is 8.78 Å². The van der Waals surface area contributed by atoms with Crippen LogP contribution in [0.3, 0.4) is 0 Å². The van der Waals surface area contributed by atoms with Crippen molar-refractivity contribution in [1.82, 2.24) is 0 Å². The van der Waals surface area contributed by atoms with Crippen molar-refractivity contribution in [3.63, 3.8) is 0 Å². The molecule has 0 bridgehead atoms. The van der Waals surface area contributed by atoms with Crippen LogP contribution in [0.15, 0.2) is 24.3 Å². The highest BCUT2D eigenvalue weighted by molar-refractivity contribution is 5.12. The van der Waals surface area contributed by atoms with E-state index in [4.69, 9.17) is 0 Å². The number of halogens is 2. The highest BCUT2D eigenvalue weighted by Gasteiger charge is 2.00. The van der Waals surface area contributed by atoms with Gasteiger partial charge < -0.3 is 4.74 Å². The molecular weight excluding hydrogens is 150 g/mol. The van der Waals surface area contributed by atoms with Crippen molar-refractivity contribution in [2.45, 2.75) is 13.2 Å². The Morgan fingerprint density at radius 3 is 2.55 bits per heavy atom. The van der Waals surface area contributed by atoms with Gasteiger partial charge in [0.05, 0.1) is 6.61 Å². The molecule has 0 saturated heterocycles. The molecule has 0 aliphatic carbocycles. The molecule has 59 valence electrons. The first-order valence-corrected chi connectivity index (χ1v) is 3.14. The van der Waals surface area contributed by atoms with Crippen LogP contribution in [0.25, 0.3) is 0 Å². The molecule has 0 fully saturated rings. The summed E-state index contributed by atoms with van der Waals surface area (Å²) in [7, 11) is 0. The molecule has 1 aromatic carbocycles. The number of alkyl halides is 2. The van der Waals surface area contributed by atoms with Crippen molar-refractivity contribution in [2.75, 3.05) is 0 Å². The third kappa shape index (κ3) is 3.09. The summed E-state index contributed by atoms with van der Waals surface area (Å²) in [6.45, 7) is -2.74. The minimum absolute atomic E-state index is 0.0493. The fraction of sp³-hybridized carbons (Fsp3) is 0.250. The first-order chi connectivity index (χ1) is 5.29. The van der Waals surface area contributed by atoms with Crippen LogP contribution >= 0.6 is 0 Å². The second-order valence-electron chi connectivity index (χ2n) is 1.98. The minimum Gasteiger partial charge on any atom is -0.318 e. The van der Waals surface area contributed by atoms with Crippen LogP contribution in [-0.2, 0) is 11.3 Å². The van der Waals surface area contributed by atoms with E-state index in [1.54, 1.807) is 24.3 Å². The van der Waals surface area contributed by atoms with Gasteiger partial charge in [-0.2, -0.15) is 8.78 Å². The maximum atomic E-state index is 11.5. The van der Waals surface area contributed by atoms with Crippen LogP contribution < -0.4 is 0 Å². The van der Waals surface area contributed by atoms with Crippen molar-refractivity contribution in [2.24, 2.45) is 0 Å². The summed E-state index contributed by atoms with van der Waals surface area (Å²) in [6.07, 6.45) is 0. The molecule has 3 heteroatoms. The van der Waals surface area contributed by atoms with Gasteiger partial charge in [0, 0.05) is 0 Å². The van der Waals surface area contributed by atoms with E-state index in [0.717, 1.165) is 5.56 Å². The highest BCUT2D eigenvalue weighted by Crippen LogP contribution is 2.03. The second-order valence-corrected chi connectivity index (χ2v) is 1.98. The molecule has 1 nitrogen and oxygen atoms in total. The fourth-order valence-corrected chi connectivity index (χ4v) is 0.677. The van der Waals surface area contributed by atoms with E-state index in [9.17, 15) is 8.78 Å². The van der Waals surface area contributed by atoms with Gasteiger partial charge >= 0.3 is 6.61 Å². The quantitative estimate of drug-likeness (QED) is 0.653. The number of rotatable bonds is 3. The molecule has 0 aliphatic rings. The predicted octanol–water partition coefficient (Wildman–Crippen LogP) is 2.23. The van der Waals surface area contributed by atoms with Gasteiger partial charge in [-0.1, -0.05) is 24.3 Å². The molecule has 0 heterocycles. The van der Waals surface area contributed by atoms with Crippen LogP contribution in [0, 0.1) is 6.07 Å². The minimum atomic E-state index is -2.70. The monoisotopic (exact) mass is 157 g/mol. The summed E-state index contributed by atoms with van der Waals surface area (Å²) in [4.78, 5) is 0. The predicted molar refractivity (Wildman–Crippen MR) is 36.1 cm³/mol. The van der Waals surface area contributed by atoms with E-state index in [0.29, 0.717) is 0 Å². The van der Waals surface area contributed by atoms with Crippen molar-refractivity contribution in [3.05, 3.63) is 35.9 Å². The maximum absolute atomic E-state index is 11.5. The zero-order valence-electron chi connectivity index (χ0n) is 5.76. The average molecular weight is 157 g/mol. The van der Waals surface area contributed by atoms with Gasteiger partial charge in [-0.25, -0.2) is 0 Å². The van der Waals surface area contributed by atoms with Crippen LogP contribution in [-0.4, -0.2) is 6.61 Å². The largest absolute Gasteiger partial charge is 0.345 e. The molecule has 1 rings (SSSR count). The van der Waals surface area contributed by atoms with Gasteiger partial charge in [0.15, 0.2) is 0 Å². The Morgan fingerprint density at radius 2 is 2.00 bits per heavy atom. The van der Waals surface area contributed by atoms with Crippen molar-refractivity contribution in [1.29, 1.82) is 0 Å². The Morgan fingerprint density at radius 1 is 1.36 bits per heavy atom. The maximum Gasteiger partial charge on any atom is 0.345 e. The molecular formula is C8H7F2O. The highest BCUT2D eigenvalue weighted by atomic mass is 19.3. The topological polar surface area (TPSA) is 9.23 Å². The number of hydrogen-bond acceptors (Lipinski definition) is 1. The SMILES string of the molecule is FC(F)OCc1cc[c]cc1. The van der Waals surface area contributed by atoms with Gasteiger partial charge in [0.2, 0.25) is 0 Å². The molecule has 0 spiro atoms. The summed E-state index contributed by atoms with van der Waals surface area (Å²) in [5, 5.41) is 0. The molecule has 0 aliphatic heterocycles. The van der Waals surface area contributed by atoms with Crippen molar-refractivity contribution >= 4 is 0 Å². The smallest absolute Gasteiger partial charge is 0.318 e. The van der Waals surface area contributed by atoms with E-state index < -0.39 is 6.61 Å². The number of ether oxygens (including phenoxy) is 1. The van der Waals surface area contributed by atoms with Crippen molar-refractivity contribution < 1.29 is 13.5 Å². The lowest BCUT2D eigenvalue weighted by Crippen LogP contribution is -1.98. The molecule has 0 saturated carbocycles. The first-order valence-electron chi connectivity index (χ1n) is 3.14. The van der Waals surface area contributed by atoms with Crippen molar-refractivity contribution in [3.8, 4) is 0 Å². The Bertz CT molecular complexity index is 199. The molecule has 11 heavy (non-hydrogen) atoms. The van der Waals surface area contributed by atoms with Gasteiger partial charge in [0.1, 0.15) is 0 Å². The van der Waals surface area contributed by atoms with E-state index in [1.165, 1.54) is 0 Å². The van der Waals surface area contributed by atoms with Gasteiger partial charge in [-0.3, -0.25) is 0 Å². The Labute approximate surface area is 63.6 Å². The number of benzene rings is 1. The van der Waals surface area contributed by atoms with Gasteiger partial charge in [-0.15, -0.1) is 0 Å². The normalized spacial score (nSPS) is 10.5. The third-order valence-corrected chi connectivity index (χ3v) is 1.16. The molecule has 1 aromatic rings. The Kier molecular flexibility index (Phi) is 2.98. The lowest BCUT2D eigenvalue weighted by Gasteiger charge is -2.00. The Hall–Kier alpha value is -0.960. The standard InChI is InChI=1S/C8H7F2O/c9-8(10)11-6-7-4-2-1-3-5-7/h2-5,8H,6H2. The molecule has 0 aromatic heterocycles. The first kappa shape index (κ1) is 8.14. The summed E-state index contributed by atoms with van der Waals surface area (Å²) in [5.41, 5.74) is 0.726. The third-order valence-electron chi connectivity index (χ3n) is 1.16. The molecule has 0 unspecified atom stereocenters. The van der Waals surface area contributed by atoms with E-state index in [1.807, 2.05) is 0 Å². The molecule has 1 radical (unpaired) electrons. The van der Waals surface area contributed by atoms with E-state index in [2.05, 4.69) is 10.8 Å². The molecule has 0 amide bonds. The molecule has 0 atom stereocenters. The average Bonchev–Trinajstić information content (AvgIpc) is 2.03. The van der Waals surface area contributed by atoms with E-state index >= 15 is 0 Å². The van der Waals surface area contributed by atoms with Gasteiger partial charge in [0.25, 0.3) is 0 Å². The number of hydrogen-bond donors (Lipinski definition) is 0. The lowest BCUT2D eigenvalue weighted by atomic mass is 10.2. The zero-order valence-corrected chi connectivity index (χ0v) is 5.76. The summed E-state index contributed by atoms with van der Waals surface area (Å²) >= 11 is 0. The van der Waals surface area contributed by atoms with Gasteiger partial charge in [-0.05, 0) is 11.6 Å². The zero-order chi connectivity index (χ0) is 8.10. The van der Waals surface area contributed by atoms with E-state index in [-0.39, 0.29) is 6.61 Å². The summed E-state index contributed by atoms with van der Waals surface area (Å²) < 4.78 is 27.1. The second kappa shape index (κ2) is 4.03. The molecule has 0 N–H and O–H groups in total. The fourth-order valence-electron chi connectivity index (χ4n) is 0.677. The van der Waals surface area contributed by atoms with Crippen LogP contribution in [0.1, 0.15) is 5.56 Å². The lowest BCUT2D eigenvalue weighted by molar-refractivity contribution is -0.137.